The first-order valence-corrected chi connectivity index (χ1v) is 5.78. The molecule has 0 aromatic heterocycles. The van der Waals surface area contributed by atoms with Crippen LogP contribution < -0.4 is 0 Å². The number of carbonyl (C=O) groups is 2. The lowest BCUT2D eigenvalue weighted by Crippen LogP contribution is -2.39. The molecule has 1 unspecified atom stereocenters. The fourth-order valence-electron chi connectivity index (χ4n) is 2.55. The zero-order valence-electron chi connectivity index (χ0n) is 10.0. The molecule has 1 saturated heterocycles. The van der Waals surface area contributed by atoms with Gasteiger partial charge in [0.05, 0.1) is 0 Å². The van der Waals surface area contributed by atoms with E-state index < -0.39 is 18.1 Å². The van der Waals surface area contributed by atoms with E-state index >= 15 is 0 Å². The van der Waals surface area contributed by atoms with Crippen molar-refractivity contribution in [2.45, 2.75) is 25.3 Å². The Morgan fingerprint density at radius 3 is 2.44 bits per heavy atom. The lowest BCUT2D eigenvalue weighted by molar-refractivity contribution is -0.141. The van der Waals surface area contributed by atoms with Gasteiger partial charge in [-0.2, -0.15) is 0 Å². The van der Waals surface area contributed by atoms with Crippen molar-refractivity contribution in [1.29, 1.82) is 0 Å². The van der Waals surface area contributed by atoms with E-state index in [9.17, 15) is 9.59 Å². The lowest BCUT2D eigenvalue weighted by atomic mass is 9.93. The molecule has 5 heteroatoms. The number of benzene rings is 1. The van der Waals surface area contributed by atoms with Gasteiger partial charge >= 0.3 is 12.1 Å². The number of rotatable bonds is 2. The number of aryl methyl sites for hydroxylation is 1. The van der Waals surface area contributed by atoms with Gasteiger partial charge in [0.15, 0.2) is 0 Å². The van der Waals surface area contributed by atoms with Crippen molar-refractivity contribution >= 4 is 12.1 Å². The second-order valence-corrected chi connectivity index (χ2v) is 4.58. The number of likely N-dealkylation sites (tertiary alicyclic amines) is 1. The van der Waals surface area contributed by atoms with Crippen LogP contribution in [0.1, 0.15) is 23.5 Å². The number of aliphatic carboxylic acids is 1. The monoisotopic (exact) mass is 249 g/mol. The first-order valence-electron chi connectivity index (χ1n) is 5.78. The van der Waals surface area contributed by atoms with Crippen molar-refractivity contribution in [3.8, 4) is 0 Å². The lowest BCUT2D eigenvalue weighted by Gasteiger charge is -2.17. The van der Waals surface area contributed by atoms with Crippen molar-refractivity contribution in [2.24, 2.45) is 0 Å². The maximum absolute atomic E-state index is 11.1. The summed E-state index contributed by atoms with van der Waals surface area (Å²) in [5.74, 6) is -1.11. The molecule has 1 heterocycles. The number of hydrogen-bond donors (Lipinski definition) is 2. The molecule has 2 N–H and O–H groups in total. The summed E-state index contributed by atoms with van der Waals surface area (Å²) in [5.41, 5.74) is 2.10. The Bertz CT molecular complexity index is 464. The average Bonchev–Trinajstić information content (AvgIpc) is 2.74. The van der Waals surface area contributed by atoms with E-state index in [0.29, 0.717) is 6.42 Å². The van der Waals surface area contributed by atoms with Gasteiger partial charge in [-0.05, 0) is 24.5 Å². The molecule has 18 heavy (non-hydrogen) atoms. The molecule has 1 aliphatic heterocycles. The highest BCUT2D eigenvalue weighted by Crippen LogP contribution is 2.33. The molecule has 1 aromatic carbocycles. The first kappa shape index (κ1) is 12.4. The molecule has 0 aliphatic carbocycles. The highest BCUT2D eigenvalue weighted by atomic mass is 16.4. The van der Waals surface area contributed by atoms with Gasteiger partial charge < -0.3 is 10.2 Å². The summed E-state index contributed by atoms with van der Waals surface area (Å²) in [6.07, 6.45) is -0.828. The standard InChI is InChI=1S/C13H15NO4/c1-8-4-2-3-5-10(8)9-6-11(12(15)16)14(7-9)13(17)18/h2-5,9,11H,6-7H2,1H3,(H,15,16)(H,17,18)/t9?,11-/m0/s1. The predicted molar refractivity (Wildman–Crippen MR) is 64.7 cm³/mol. The van der Waals surface area contributed by atoms with Gasteiger partial charge in [-0.3, -0.25) is 4.90 Å². The van der Waals surface area contributed by atoms with Crippen LogP contribution in [0.25, 0.3) is 0 Å². The van der Waals surface area contributed by atoms with Crippen LogP contribution in [0.15, 0.2) is 24.3 Å². The molecular formula is C13H15NO4. The minimum absolute atomic E-state index is 0.0385. The Balaban J connectivity index is 2.26. The molecule has 5 nitrogen and oxygen atoms in total. The second-order valence-electron chi connectivity index (χ2n) is 4.58. The van der Waals surface area contributed by atoms with Crippen LogP contribution in [0.5, 0.6) is 0 Å². The molecule has 0 radical (unpaired) electrons. The van der Waals surface area contributed by atoms with Gasteiger partial charge in [-0.1, -0.05) is 24.3 Å². The Morgan fingerprint density at radius 2 is 1.94 bits per heavy atom. The minimum atomic E-state index is -1.17. The maximum Gasteiger partial charge on any atom is 0.408 e. The SMILES string of the molecule is Cc1ccccc1C1C[C@@H](C(=O)O)N(C(=O)O)C1. The number of amides is 1. The zero-order valence-corrected chi connectivity index (χ0v) is 10.0. The van der Waals surface area contributed by atoms with E-state index in [1.54, 1.807) is 0 Å². The van der Waals surface area contributed by atoms with Crippen molar-refractivity contribution in [3.05, 3.63) is 35.4 Å². The third kappa shape index (κ3) is 2.16. The fourth-order valence-corrected chi connectivity index (χ4v) is 2.55. The third-order valence-electron chi connectivity index (χ3n) is 3.46. The van der Waals surface area contributed by atoms with Gasteiger partial charge in [-0.25, -0.2) is 9.59 Å². The molecule has 0 bridgehead atoms. The number of carboxylic acid groups (broad SMARTS) is 2. The van der Waals surface area contributed by atoms with Crippen LogP contribution in [-0.4, -0.2) is 39.8 Å². The van der Waals surface area contributed by atoms with Crippen LogP contribution in [0.3, 0.4) is 0 Å². The summed E-state index contributed by atoms with van der Waals surface area (Å²) in [6, 6.07) is 6.75. The normalized spacial score (nSPS) is 23.1. The summed E-state index contributed by atoms with van der Waals surface area (Å²) in [7, 11) is 0. The Labute approximate surface area is 105 Å². The Kier molecular flexibility index (Phi) is 3.23. The average molecular weight is 249 g/mol. The summed E-state index contributed by atoms with van der Waals surface area (Å²) in [5, 5.41) is 18.1. The van der Waals surface area contributed by atoms with Gasteiger partial charge in [0, 0.05) is 12.5 Å². The molecular weight excluding hydrogens is 234 g/mol. The van der Waals surface area contributed by atoms with Gasteiger partial charge in [0.25, 0.3) is 0 Å². The van der Waals surface area contributed by atoms with Crippen LogP contribution in [0.4, 0.5) is 4.79 Å². The molecule has 2 atom stereocenters. The smallest absolute Gasteiger partial charge is 0.408 e. The first-order chi connectivity index (χ1) is 8.50. The Hall–Kier alpha value is -2.04. The minimum Gasteiger partial charge on any atom is -0.480 e. The molecule has 2 rings (SSSR count). The molecule has 1 fully saturated rings. The highest BCUT2D eigenvalue weighted by molar-refractivity contribution is 5.80. The van der Waals surface area contributed by atoms with Crippen LogP contribution >= 0.6 is 0 Å². The van der Waals surface area contributed by atoms with E-state index in [1.165, 1.54) is 0 Å². The molecule has 0 spiro atoms. The maximum atomic E-state index is 11.1. The summed E-state index contributed by atoms with van der Waals surface area (Å²) >= 11 is 0. The molecule has 96 valence electrons. The predicted octanol–water partition coefficient (Wildman–Crippen LogP) is 1.92. The van der Waals surface area contributed by atoms with Crippen molar-refractivity contribution in [2.75, 3.05) is 6.54 Å². The third-order valence-corrected chi connectivity index (χ3v) is 3.46. The molecule has 1 amide bonds. The topological polar surface area (TPSA) is 77.8 Å². The van der Waals surface area contributed by atoms with Gasteiger partial charge in [0.2, 0.25) is 0 Å². The fraction of sp³-hybridized carbons (Fsp3) is 0.385. The second kappa shape index (κ2) is 4.68. The zero-order chi connectivity index (χ0) is 13.3. The highest BCUT2D eigenvalue weighted by Gasteiger charge is 2.40. The quantitative estimate of drug-likeness (QED) is 0.839. The van der Waals surface area contributed by atoms with Crippen molar-refractivity contribution < 1.29 is 19.8 Å². The van der Waals surface area contributed by atoms with Crippen molar-refractivity contribution in [3.63, 3.8) is 0 Å². The van der Waals surface area contributed by atoms with E-state index in [0.717, 1.165) is 16.0 Å². The van der Waals surface area contributed by atoms with Crippen LogP contribution in [0.2, 0.25) is 0 Å². The summed E-state index contributed by atoms with van der Waals surface area (Å²) < 4.78 is 0. The summed E-state index contributed by atoms with van der Waals surface area (Å²) in [6.45, 7) is 2.20. The molecule has 0 saturated carbocycles. The Morgan fingerprint density at radius 1 is 1.28 bits per heavy atom. The number of carboxylic acids is 1. The summed E-state index contributed by atoms with van der Waals surface area (Å²) in [4.78, 5) is 23.1. The van der Waals surface area contributed by atoms with Crippen molar-refractivity contribution in [1.82, 2.24) is 4.90 Å². The number of nitrogens with zero attached hydrogens (tertiary/aromatic N) is 1. The van der Waals surface area contributed by atoms with E-state index in [1.807, 2.05) is 31.2 Å². The molecule has 1 aromatic rings. The largest absolute Gasteiger partial charge is 0.480 e. The van der Waals surface area contributed by atoms with Crippen LogP contribution in [-0.2, 0) is 4.79 Å². The van der Waals surface area contributed by atoms with E-state index in [2.05, 4.69) is 0 Å². The van der Waals surface area contributed by atoms with E-state index in [4.69, 9.17) is 10.2 Å². The van der Waals surface area contributed by atoms with Gasteiger partial charge in [-0.15, -0.1) is 0 Å². The van der Waals surface area contributed by atoms with Crippen LogP contribution in [0, 0.1) is 6.92 Å². The van der Waals surface area contributed by atoms with Gasteiger partial charge in [0.1, 0.15) is 6.04 Å². The van der Waals surface area contributed by atoms with E-state index in [-0.39, 0.29) is 12.5 Å². The number of hydrogen-bond acceptors (Lipinski definition) is 2. The molecule has 1 aliphatic rings.